The molecule has 1 aliphatic rings. The Morgan fingerprint density at radius 3 is 2.74 bits per heavy atom. The normalized spacial score (nSPS) is 18.3. The van der Waals surface area contributed by atoms with Gasteiger partial charge in [0.1, 0.15) is 0 Å². The van der Waals surface area contributed by atoms with Gasteiger partial charge in [0, 0.05) is 5.69 Å². The molecule has 0 saturated carbocycles. The number of hydrogen-bond acceptors (Lipinski definition) is 5. The molecule has 3 N–H and O–H groups in total. The Bertz CT molecular complexity index is 547. The Labute approximate surface area is 114 Å². The van der Waals surface area contributed by atoms with E-state index in [0.717, 1.165) is 17.3 Å². The fraction of sp³-hybridized carbons (Fsp3) is 0.250. The van der Waals surface area contributed by atoms with Crippen molar-refractivity contribution in [3.8, 4) is 0 Å². The van der Waals surface area contributed by atoms with Gasteiger partial charge in [-0.25, -0.2) is 0 Å². The molecule has 7 heteroatoms. The van der Waals surface area contributed by atoms with E-state index in [4.69, 9.17) is 5.73 Å². The first-order chi connectivity index (χ1) is 8.97. The molecule has 1 aliphatic heterocycles. The lowest BCUT2D eigenvalue weighted by Crippen LogP contribution is -2.44. The first-order valence-corrected chi connectivity index (χ1v) is 6.48. The minimum Gasteiger partial charge on any atom is -0.368 e. The smallest absolute Gasteiger partial charge is 0.288 e. The van der Waals surface area contributed by atoms with Crippen LogP contribution in [0, 0.1) is 6.92 Å². The minimum absolute atomic E-state index is 0.123. The summed E-state index contributed by atoms with van der Waals surface area (Å²) in [5.41, 5.74) is 6.88. The number of carbonyl (C=O) groups is 3. The maximum Gasteiger partial charge on any atom is 0.288 e. The van der Waals surface area contributed by atoms with Crippen LogP contribution in [0.2, 0.25) is 0 Å². The predicted octanol–water partition coefficient (Wildman–Crippen LogP) is 0.596. The second kappa shape index (κ2) is 5.31. The largest absolute Gasteiger partial charge is 0.368 e. The monoisotopic (exact) mass is 279 g/mol. The molecule has 0 aliphatic carbocycles. The van der Waals surface area contributed by atoms with E-state index >= 15 is 0 Å². The summed E-state index contributed by atoms with van der Waals surface area (Å²) in [6.07, 6.45) is 0. The van der Waals surface area contributed by atoms with Crippen molar-refractivity contribution in [3.05, 3.63) is 29.8 Å². The van der Waals surface area contributed by atoms with Crippen LogP contribution < -0.4 is 16.0 Å². The highest BCUT2D eigenvalue weighted by molar-refractivity contribution is 8.15. The molecular formula is C12H13N3O3S. The number of rotatable bonds is 4. The number of benzene rings is 1. The van der Waals surface area contributed by atoms with Gasteiger partial charge >= 0.3 is 0 Å². The van der Waals surface area contributed by atoms with Gasteiger partial charge in [0.15, 0.2) is 5.37 Å². The van der Waals surface area contributed by atoms with Crippen LogP contribution in [0.1, 0.15) is 5.56 Å². The van der Waals surface area contributed by atoms with Crippen molar-refractivity contribution in [1.29, 1.82) is 0 Å². The number of nitrogens with two attached hydrogens (primary N) is 1. The van der Waals surface area contributed by atoms with Crippen LogP contribution >= 0.6 is 11.8 Å². The minimum atomic E-state index is -0.762. The molecule has 1 fully saturated rings. The van der Waals surface area contributed by atoms with E-state index in [1.807, 2.05) is 25.1 Å². The fourth-order valence-corrected chi connectivity index (χ4v) is 2.69. The van der Waals surface area contributed by atoms with Gasteiger partial charge in [-0.3, -0.25) is 19.7 Å². The Kier molecular flexibility index (Phi) is 3.75. The van der Waals surface area contributed by atoms with Crippen molar-refractivity contribution in [1.82, 2.24) is 5.32 Å². The standard InChI is InChI=1S/C12H13N3O3S/c1-7-3-2-4-8(5-7)15(6-9(13)16)11-10(17)14-12(18)19-11/h2-5,11H,6H2,1H3,(H2,13,16)(H,14,17,18)/t11-/m1/s1. The maximum absolute atomic E-state index is 11.7. The molecule has 0 aromatic heterocycles. The molecule has 6 nitrogen and oxygen atoms in total. The lowest BCUT2D eigenvalue weighted by Gasteiger charge is -2.27. The Morgan fingerprint density at radius 2 is 2.21 bits per heavy atom. The van der Waals surface area contributed by atoms with Gasteiger partial charge < -0.3 is 10.6 Å². The molecule has 3 amide bonds. The van der Waals surface area contributed by atoms with E-state index in [-0.39, 0.29) is 6.54 Å². The van der Waals surface area contributed by atoms with Crippen LogP contribution in [0.5, 0.6) is 0 Å². The van der Waals surface area contributed by atoms with Gasteiger partial charge in [-0.05, 0) is 36.4 Å². The van der Waals surface area contributed by atoms with Crippen molar-refractivity contribution < 1.29 is 14.4 Å². The van der Waals surface area contributed by atoms with Gasteiger partial charge in [0.2, 0.25) is 5.91 Å². The SMILES string of the molecule is Cc1cccc(N(CC(N)=O)[C@@H]2SC(=O)NC2=O)c1. The molecule has 0 radical (unpaired) electrons. The summed E-state index contributed by atoms with van der Waals surface area (Å²) in [5.74, 6) is -0.994. The van der Waals surface area contributed by atoms with Crippen LogP contribution in [-0.4, -0.2) is 29.0 Å². The zero-order chi connectivity index (χ0) is 14.0. The number of nitrogens with one attached hydrogen (secondary N) is 1. The van der Waals surface area contributed by atoms with Gasteiger partial charge in [-0.15, -0.1) is 0 Å². The van der Waals surface area contributed by atoms with Crippen molar-refractivity contribution in [2.45, 2.75) is 12.3 Å². The Morgan fingerprint density at radius 1 is 1.47 bits per heavy atom. The molecular weight excluding hydrogens is 266 g/mol. The highest BCUT2D eigenvalue weighted by Gasteiger charge is 2.37. The number of nitrogens with zero attached hydrogens (tertiary/aromatic N) is 1. The number of anilines is 1. The zero-order valence-electron chi connectivity index (χ0n) is 10.3. The van der Waals surface area contributed by atoms with Gasteiger partial charge in [0.05, 0.1) is 6.54 Å². The van der Waals surface area contributed by atoms with E-state index in [9.17, 15) is 14.4 Å². The number of aryl methyl sites for hydroxylation is 1. The number of hydrogen-bond donors (Lipinski definition) is 2. The lowest BCUT2D eigenvalue weighted by molar-refractivity contribution is -0.119. The van der Waals surface area contributed by atoms with Gasteiger partial charge in [-0.2, -0.15) is 0 Å². The first kappa shape index (κ1) is 13.4. The zero-order valence-corrected chi connectivity index (χ0v) is 11.1. The molecule has 1 saturated heterocycles. The van der Waals surface area contributed by atoms with Gasteiger partial charge in [-0.1, -0.05) is 12.1 Å². The third-order valence-corrected chi connectivity index (χ3v) is 3.62. The average molecular weight is 279 g/mol. The summed E-state index contributed by atoms with van der Waals surface area (Å²) in [7, 11) is 0. The maximum atomic E-state index is 11.7. The van der Waals surface area contributed by atoms with Crippen LogP contribution in [0.15, 0.2) is 24.3 Å². The number of thioether (sulfide) groups is 1. The molecule has 0 unspecified atom stereocenters. The molecule has 100 valence electrons. The van der Waals surface area contributed by atoms with E-state index in [0.29, 0.717) is 5.69 Å². The molecule has 0 bridgehead atoms. The van der Waals surface area contributed by atoms with Crippen molar-refractivity contribution in [3.63, 3.8) is 0 Å². The van der Waals surface area contributed by atoms with Crippen LogP contribution in [0.4, 0.5) is 10.5 Å². The summed E-state index contributed by atoms with van der Waals surface area (Å²) in [6.45, 7) is 1.78. The molecule has 1 heterocycles. The molecule has 0 spiro atoms. The van der Waals surface area contributed by atoms with Crippen molar-refractivity contribution in [2.75, 3.05) is 11.4 Å². The number of imide groups is 1. The topological polar surface area (TPSA) is 92.5 Å². The van der Waals surface area contributed by atoms with Crippen molar-refractivity contribution in [2.24, 2.45) is 5.73 Å². The number of primary amides is 1. The van der Waals surface area contributed by atoms with E-state index in [1.165, 1.54) is 4.90 Å². The fourth-order valence-electron chi connectivity index (χ4n) is 1.84. The first-order valence-electron chi connectivity index (χ1n) is 5.60. The Hall–Kier alpha value is -2.02. The third kappa shape index (κ3) is 3.05. The third-order valence-electron chi connectivity index (χ3n) is 2.61. The quantitative estimate of drug-likeness (QED) is 0.841. The molecule has 1 aromatic rings. The highest BCUT2D eigenvalue weighted by Crippen LogP contribution is 2.28. The molecule has 19 heavy (non-hydrogen) atoms. The molecule has 1 atom stereocenters. The average Bonchev–Trinajstić information content (AvgIpc) is 2.65. The van der Waals surface area contributed by atoms with E-state index in [2.05, 4.69) is 5.32 Å². The summed E-state index contributed by atoms with van der Waals surface area (Å²) in [6, 6.07) is 7.32. The van der Waals surface area contributed by atoms with E-state index < -0.39 is 22.4 Å². The van der Waals surface area contributed by atoms with E-state index in [1.54, 1.807) is 6.07 Å². The summed E-state index contributed by atoms with van der Waals surface area (Å²) >= 11 is 0.843. The van der Waals surface area contributed by atoms with Crippen LogP contribution in [-0.2, 0) is 9.59 Å². The Balaban J connectivity index is 2.33. The predicted molar refractivity (Wildman–Crippen MR) is 72.6 cm³/mol. The molecule has 1 aromatic carbocycles. The summed E-state index contributed by atoms with van der Waals surface area (Å²) in [5, 5.41) is 1.01. The second-order valence-electron chi connectivity index (χ2n) is 4.18. The van der Waals surface area contributed by atoms with Crippen molar-refractivity contribution >= 4 is 34.5 Å². The van der Waals surface area contributed by atoms with Gasteiger partial charge in [0.25, 0.3) is 11.1 Å². The highest BCUT2D eigenvalue weighted by atomic mass is 32.2. The number of carbonyl (C=O) groups excluding carboxylic acids is 3. The second-order valence-corrected chi connectivity index (χ2v) is 5.23. The van der Waals surface area contributed by atoms with Crippen LogP contribution in [0.25, 0.3) is 0 Å². The number of amides is 3. The lowest BCUT2D eigenvalue weighted by atomic mass is 10.2. The summed E-state index contributed by atoms with van der Waals surface area (Å²) in [4.78, 5) is 35.7. The van der Waals surface area contributed by atoms with Crippen LogP contribution in [0.3, 0.4) is 0 Å². The summed E-state index contributed by atoms with van der Waals surface area (Å²) < 4.78 is 0. The molecule has 2 rings (SSSR count).